The largest absolute Gasteiger partial charge is 0.384 e. The molecule has 1 aromatic rings. The van der Waals surface area contributed by atoms with E-state index in [-0.39, 0.29) is 18.6 Å². The van der Waals surface area contributed by atoms with Crippen molar-refractivity contribution in [3.8, 4) is 11.8 Å². The van der Waals surface area contributed by atoms with Gasteiger partial charge in [-0.25, -0.2) is 4.98 Å². The summed E-state index contributed by atoms with van der Waals surface area (Å²) >= 11 is 0. The Kier molecular flexibility index (Phi) is 4.53. The molecule has 2 atom stereocenters. The van der Waals surface area contributed by atoms with Gasteiger partial charge >= 0.3 is 0 Å². The standard InChI is InChI=1S/C15H18N2O2/c1-11-4-2-6-13(11)17-15(19)14-8-7-12(10-16-14)5-3-9-18/h7-8,10-11,13,18H,2,4,6,9H2,1H3,(H,17,19). The molecule has 0 aliphatic heterocycles. The predicted octanol–water partition coefficient (Wildman–Crippen LogP) is 1.34. The molecule has 2 rings (SSSR count). The average molecular weight is 258 g/mol. The van der Waals surface area contributed by atoms with Crippen molar-refractivity contribution in [2.45, 2.75) is 32.2 Å². The molecule has 0 bridgehead atoms. The van der Waals surface area contributed by atoms with Gasteiger partial charge in [-0.2, -0.15) is 0 Å². The highest BCUT2D eigenvalue weighted by atomic mass is 16.2. The SMILES string of the molecule is CC1CCCC1NC(=O)c1ccc(C#CCO)cn1. The molecule has 1 saturated carbocycles. The molecule has 0 spiro atoms. The van der Waals surface area contributed by atoms with Crippen molar-refractivity contribution in [3.05, 3.63) is 29.6 Å². The molecule has 4 nitrogen and oxygen atoms in total. The van der Waals surface area contributed by atoms with Crippen LogP contribution in [0.15, 0.2) is 18.3 Å². The Balaban J connectivity index is 1.99. The molecule has 2 unspecified atom stereocenters. The molecule has 100 valence electrons. The van der Waals surface area contributed by atoms with Crippen LogP contribution in [0.5, 0.6) is 0 Å². The highest BCUT2D eigenvalue weighted by Gasteiger charge is 2.25. The highest BCUT2D eigenvalue weighted by molar-refractivity contribution is 5.92. The second-order valence-electron chi connectivity index (χ2n) is 4.88. The Morgan fingerprint density at radius 3 is 2.95 bits per heavy atom. The number of amides is 1. The molecule has 1 fully saturated rings. The van der Waals surface area contributed by atoms with Gasteiger partial charge in [-0.3, -0.25) is 4.79 Å². The minimum absolute atomic E-state index is 0.125. The van der Waals surface area contributed by atoms with Crippen LogP contribution in [0.2, 0.25) is 0 Å². The van der Waals surface area contributed by atoms with Crippen molar-refractivity contribution in [2.75, 3.05) is 6.61 Å². The normalized spacial score (nSPS) is 21.6. The minimum atomic E-state index is -0.179. The molecular weight excluding hydrogens is 240 g/mol. The summed E-state index contributed by atoms with van der Waals surface area (Å²) in [5.74, 6) is 5.71. The number of carbonyl (C=O) groups excluding carboxylic acids is 1. The van der Waals surface area contributed by atoms with Crippen LogP contribution in [0.4, 0.5) is 0 Å². The van der Waals surface area contributed by atoms with Gasteiger partial charge < -0.3 is 10.4 Å². The van der Waals surface area contributed by atoms with E-state index in [0.717, 1.165) is 6.42 Å². The topological polar surface area (TPSA) is 62.2 Å². The maximum Gasteiger partial charge on any atom is 0.270 e. The van der Waals surface area contributed by atoms with Gasteiger partial charge in [0.2, 0.25) is 0 Å². The first-order valence-corrected chi connectivity index (χ1v) is 6.57. The highest BCUT2D eigenvalue weighted by Crippen LogP contribution is 2.24. The number of pyridine rings is 1. The van der Waals surface area contributed by atoms with Gasteiger partial charge in [0.15, 0.2) is 0 Å². The Labute approximate surface area is 113 Å². The van der Waals surface area contributed by atoms with Gasteiger partial charge in [0.25, 0.3) is 5.91 Å². The lowest BCUT2D eigenvalue weighted by atomic mass is 10.1. The molecule has 1 heterocycles. The van der Waals surface area contributed by atoms with E-state index in [1.54, 1.807) is 18.3 Å². The van der Waals surface area contributed by atoms with E-state index in [0.29, 0.717) is 17.2 Å². The third-order valence-corrected chi connectivity index (χ3v) is 3.49. The zero-order valence-corrected chi connectivity index (χ0v) is 11.0. The third kappa shape index (κ3) is 3.55. The lowest BCUT2D eigenvalue weighted by Gasteiger charge is -2.16. The molecule has 19 heavy (non-hydrogen) atoms. The van der Waals surface area contributed by atoms with Crippen molar-refractivity contribution in [3.63, 3.8) is 0 Å². The van der Waals surface area contributed by atoms with Crippen LogP contribution >= 0.6 is 0 Å². The predicted molar refractivity (Wildman–Crippen MR) is 72.5 cm³/mol. The number of aromatic nitrogens is 1. The summed E-state index contributed by atoms with van der Waals surface area (Å²) in [4.78, 5) is 16.1. The molecule has 0 aromatic carbocycles. The second kappa shape index (κ2) is 6.35. The first-order chi connectivity index (χ1) is 9.20. The molecule has 1 amide bonds. The van der Waals surface area contributed by atoms with E-state index in [2.05, 4.69) is 29.1 Å². The Hall–Kier alpha value is -1.86. The van der Waals surface area contributed by atoms with Crippen molar-refractivity contribution in [2.24, 2.45) is 5.92 Å². The quantitative estimate of drug-likeness (QED) is 0.787. The molecule has 0 saturated heterocycles. The van der Waals surface area contributed by atoms with Crippen LogP contribution in [0, 0.1) is 17.8 Å². The third-order valence-electron chi connectivity index (χ3n) is 3.49. The van der Waals surface area contributed by atoms with Crippen molar-refractivity contribution >= 4 is 5.91 Å². The lowest BCUT2D eigenvalue weighted by Crippen LogP contribution is -2.36. The van der Waals surface area contributed by atoms with E-state index in [4.69, 9.17) is 5.11 Å². The van der Waals surface area contributed by atoms with E-state index in [9.17, 15) is 4.79 Å². The first kappa shape index (κ1) is 13.6. The zero-order valence-electron chi connectivity index (χ0n) is 11.0. The van der Waals surface area contributed by atoms with Gasteiger partial charge in [-0.15, -0.1) is 0 Å². The molecule has 1 aliphatic rings. The van der Waals surface area contributed by atoms with Gasteiger partial charge in [0, 0.05) is 17.8 Å². The lowest BCUT2D eigenvalue weighted by molar-refractivity contribution is 0.0924. The molecule has 1 aromatic heterocycles. The van der Waals surface area contributed by atoms with Crippen LogP contribution in [-0.4, -0.2) is 28.6 Å². The van der Waals surface area contributed by atoms with E-state index in [1.165, 1.54) is 12.8 Å². The van der Waals surface area contributed by atoms with Crippen molar-refractivity contribution in [1.82, 2.24) is 10.3 Å². The van der Waals surface area contributed by atoms with Gasteiger partial charge in [-0.1, -0.05) is 25.2 Å². The summed E-state index contributed by atoms with van der Waals surface area (Å²) in [5.41, 5.74) is 1.11. The summed E-state index contributed by atoms with van der Waals surface area (Å²) < 4.78 is 0. The number of carbonyl (C=O) groups is 1. The van der Waals surface area contributed by atoms with E-state index in [1.807, 2.05) is 0 Å². The summed E-state index contributed by atoms with van der Waals surface area (Å²) in [5, 5.41) is 11.6. The number of hydrogen-bond acceptors (Lipinski definition) is 3. The summed E-state index contributed by atoms with van der Waals surface area (Å²) in [6, 6.07) is 3.67. The molecule has 2 N–H and O–H groups in total. The fourth-order valence-corrected chi connectivity index (χ4v) is 2.35. The summed E-state index contributed by atoms with van der Waals surface area (Å²) in [7, 11) is 0. The van der Waals surface area contributed by atoms with Crippen LogP contribution in [0.1, 0.15) is 42.2 Å². The number of rotatable bonds is 2. The molecule has 4 heteroatoms. The fourth-order valence-electron chi connectivity index (χ4n) is 2.35. The number of aliphatic hydroxyl groups is 1. The summed E-state index contributed by atoms with van der Waals surface area (Å²) in [6.07, 6.45) is 4.95. The average Bonchev–Trinajstić information content (AvgIpc) is 2.82. The van der Waals surface area contributed by atoms with E-state index >= 15 is 0 Å². The number of nitrogens with zero attached hydrogens (tertiary/aromatic N) is 1. The smallest absolute Gasteiger partial charge is 0.270 e. The number of aliphatic hydroxyl groups excluding tert-OH is 1. The van der Waals surface area contributed by atoms with Crippen LogP contribution in [0.3, 0.4) is 0 Å². The van der Waals surface area contributed by atoms with Crippen molar-refractivity contribution in [1.29, 1.82) is 0 Å². The first-order valence-electron chi connectivity index (χ1n) is 6.57. The Bertz CT molecular complexity index is 499. The summed E-state index contributed by atoms with van der Waals surface area (Å²) in [6.45, 7) is 1.99. The van der Waals surface area contributed by atoms with Gasteiger partial charge in [-0.05, 0) is 30.9 Å². The maximum absolute atomic E-state index is 12.0. The second-order valence-corrected chi connectivity index (χ2v) is 4.88. The van der Waals surface area contributed by atoms with Crippen molar-refractivity contribution < 1.29 is 9.90 Å². The fraction of sp³-hybridized carbons (Fsp3) is 0.467. The van der Waals surface area contributed by atoms with Crippen LogP contribution < -0.4 is 5.32 Å². The zero-order chi connectivity index (χ0) is 13.7. The van der Waals surface area contributed by atoms with E-state index < -0.39 is 0 Å². The number of nitrogens with one attached hydrogen (secondary N) is 1. The van der Waals surface area contributed by atoms with Gasteiger partial charge in [0.05, 0.1) is 0 Å². The van der Waals surface area contributed by atoms with Crippen LogP contribution in [0.25, 0.3) is 0 Å². The number of hydrogen-bond donors (Lipinski definition) is 2. The Morgan fingerprint density at radius 2 is 2.37 bits per heavy atom. The minimum Gasteiger partial charge on any atom is -0.384 e. The van der Waals surface area contributed by atoms with Gasteiger partial charge in [0.1, 0.15) is 12.3 Å². The van der Waals surface area contributed by atoms with Crippen LogP contribution in [-0.2, 0) is 0 Å². The maximum atomic E-state index is 12.0. The monoisotopic (exact) mass is 258 g/mol. The molecular formula is C15H18N2O2. The Morgan fingerprint density at radius 1 is 1.53 bits per heavy atom. The molecule has 0 radical (unpaired) electrons. The molecule has 1 aliphatic carbocycles.